The number of halogens is 5. The Hall–Kier alpha value is -8.27. The number of nitro benzene ring substituents is 1. The van der Waals surface area contributed by atoms with E-state index in [1.807, 2.05) is 0 Å². The fourth-order valence-electron chi connectivity index (χ4n) is 5.79. The Morgan fingerprint density at radius 3 is 1.90 bits per heavy atom. The van der Waals surface area contributed by atoms with Gasteiger partial charge in [0.05, 0.1) is 55.1 Å². The lowest BCUT2D eigenvalue weighted by molar-refractivity contribution is -0.385. The Morgan fingerprint density at radius 1 is 0.731 bits per heavy atom. The highest BCUT2D eigenvalue weighted by Crippen LogP contribution is 2.34. The fourth-order valence-corrected chi connectivity index (χ4v) is 9.97. The van der Waals surface area contributed by atoms with Gasteiger partial charge in [0, 0.05) is 29.8 Å². The lowest BCUT2D eigenvalue weighted by atomic mass is 10.1. The number of ether oxygens (including phenoxy) is 5. The van der Waals surface area contributed by atoms with Crippen molar-refractivity contribution in [1.29, 1.82) is 0 Å². The number of esters is 1. The number of aromatic nitrogens is 6. The number of anilines is 2. The number of nitrogens with one attached hydrogen (secondary N) is 4. The van der Waals surface area contributed by atoms with E-state index in [1.165, 1.54) is 83.7 Å². The van der Waals surface area contributed by atoms with Gasteiger partial charge < -0.3 is 23.7 Å². The van der Waals surface area contributed by atoms with Crippen LogP contribution in [-0.2, 0) is 41.0 Å². The van der Waals surface area contributed by atoms with Gasteiger partial charge in [-0.05, 0) is 61.4 Å². The summed E-state index contributed by atoms with van der Waals surface area (Å²) >= 11 is 11.8. The number of sulfone groups is 1. The molecule has 27 nitrogen and oxygen atoms in total. The first kappa shape index (κ1) is 62.3. The SMILES string of the molecule is CCS(=O)(=O)c1cccnc1S(=O)(=O)NC(=O)Nc1nc(OC)cc(OC)n1.COC(=O)c1cc(Oc2ccc(Cl)cc2Cl)ccc1[N+](=O)[O-].COc1nc(C)nc(NC(=O)NS(=O)(=O)c2ccccc2CCC(F)(F)F)n1. The van der Waals surface area contributed by atoms with Crippen molar-refractivity contribution in [3.8, 4) is 29.3 Å². The van der Waals surface area contributed by atoms with Crippen LogP contribution in [0.25, 0.3) is 0 Å². The van der Waals surface area contributed by atoms with Gasteiger partial charge in [-0.15, -0.1) is 0 Å². The number of hydrogen-bond acceptors (Lipinski definition) is 22. The monoisotopic (exact) mass is 1190 g/mol. The Balaban J connectivity index is 0.000000254. The van der Waals surface area contributed by atoms with Crippen molar-refractivity contribution in [2.75, 3.05) is 44.8 Å². The van der Waals surface area contributed by atoms with Crippen LogP contribution in [0.4, 0.5) is 40.3 Å². The number of pyridine rings is 1. The number of hydrogen-bond donors (Lipinski definition) is 4. The van der Waals surface area contributed by atoms with Crippen molar-refractivity contribution in [2.45, 2.75) is 47.7 Å². The van der Waals surface area contributed by atoms with Crippen LogP contribution in [0, 0.1) is 17.0 Å². The van der Waals surface area contributed by atoms with Crippen LogP contribution >= 0.6 is 23.2 Å². The minimum Gasteiger partial charge on any atom is -0.481 e. The molecule has 0 saturated carbocycles. The lowest BCUT2D eigenvalue weighted by Crippen LogP contribution is -2.36. The molecule has 3 aromatic carbocycles. The van der Waals surface area contributed by atoms with Crippen molar-refractivity contribution in [1.82, 2.24) is 39.3 Å². The number of rotatable bonds is 17. The van der Waals surface area contributed by atoms with Crippen molar-refractivity contribution in [2.24, 2.45) is 0 Å². The summed E-state index contributed by atoms with van der Waals surface area (Å²) in [5.74, 6) is -0.899. The van der Waals surface area contributed by atoms with Crippen LogP contribution in [0.15, 0.2) is 99.9 Å². The number of benzene rings is 3. The van der Waals surface area contributed by atoms with E-state index in [2.05, 4.69) is 45.3 Å². The molecule has 418 valence electrons. The molecule has 0 bridgehead atoms. The Labute approximate surface area is 451 Å². The highest BCUT2D eigenvalue weighted by Gasteiger charge is 2.31. The third-order valence-corrected chi connectivity index (χ3v) is 14.4. The molecule has 3 aromatic heterocycles. The quantitative estimate of drug-likeness (QED) is 0.0411. The summed E-state index contributed by atoms with van der Waals surface area (Å²) in [6.07, 6.45) is -5.10. The molecule has 0 aliphatic heterocycles. The molecule has 78 heavy (non-hydrogen) atoms. The molecule has 6 rings (SSSR count). The van der Waals surface area contributed by atoms with E-state index in [1.54, 1.807) is 21.6 Å². The molecular weight excluding hydrogens is 1150 g/mol. The van der Waals surface area contributed by atoms with E-state index in [9.17, 15) is 62.9 Å². The number of sulfonamides is 2. The summed E-state index contributed by atoms with van der Waals surface area (Å²) < 4.78 is 139. The molecule has 0 unspecified atom stereocenters. The molecular formula is C43H42Cl2F3N11O16S3. The molecule has 0 radical (unpaired) electrons. The first-order valence-electron chi connectivity index (χ1n) is 21.3. The van der Waals surface area contributed by atoms with Gasteiger partial charge in [0.25, 0.3) is 25.7 Å². The zero-order valence-corrected chi connectivity index (χ0v) is 44.9. The topological polar surface area (TPSA) is 368 Å². The average Bonchev–Trinajstić information content (AvgIpc) is 3.40. The highest BCUT2D eigenvalue weighted by molar-refractivity contribution is 7.93. The van der Waals surface area contributed by atoms with Crippen LogP contribution in [0.1, 0.15) is 35.1 Å². The number of carbonyl (C=O) groups is 3. The molecule has 0 spiro atoms. The number of carbonyl (C=O) groups excluding carboxylic acids is 3. The van der Waals surface area contributed by atoms with Crippen LogP contribution < -0.4 is 39.0 Å². The predicted molar refractivity (Wildman–Crippen MR) is 269 cm³/mol. The summed E-state index contributed by atoms with van der Waals surface area (Å²) in [7, 11) is -7.86. The molecule has 3 heterocycles. The van der Waals surface area contributed by atoms with Crippen LogP contribution in [0.3, 0.4) is 0 Å². The lowest BCUT2D eigenvalue weighted by Gasteiger charge is -2.13. The number of alkyl halides is 3. The van der Waals surface area contributed by atoms with Gasteiger partial charge in [-0.3, -0.25) is 20.7 Å². The minimum atomic E-state index is -4.61. The van der Waals surface area contributed by atoms with E-state index in [0.717, 1.165) is 31.5 Å². The maximum Gasteiger partial charge on any atom is 0.389 e. The van der Waals surface area contributed by atoms with Crippen molar-refractivity contribution in [3.63, 3.8) is 0 Å². The molecule has 0 aliphatic rings. The van der Waals surface area contributed by atoms with E-state index in [-0.39, 0.29) is 68.8 Å². The van der Waals surface area contributed by atoms with Gasteiger partial charge in [0.1, 0.15) is 27.8 Å². The number of amides is 4. The smallest absolute Gasteiger partial charge is 0.389 e. The maximum atomic E-state index is 12.5. The zero-order valence-electron chi connectivity index (χ0n) is 41.0. The van der Waals surface area contributed by atoms with Gasteiger partial charge in [-0.2, -0.15) is 46.5 Å². The second-order valence-electron chi connectivity index (χ2n) is 14.6. The molecule has 4 amide bonds. The minimum absolute atomic E-state index is 0.0612. The van der Waals surface area contributed by atoms with Gasteiger partial charge in [-0.25, -0.2) is 45.6 Å². The zero-order chi connectivity index (χ0) is 58.2. The molecule has 35 heteroatoms. The summed E-state index contributed by atoms with van der Waals surface area (Å²) in [5, 5.41) is 15.0. The van der Waals surface area contributed by atoms with Gasteiger partial charge >= 0.3 is 30.2 Å². The summed E-state index contributed by atoms with van der Waals surface area (Å²) in [6.45, 7) is 2.85. The standard InChI is InChI=1S/C15H16F3N5O4S.C14H9Cl2NO5.C14H17N5O7S2/c1-9-19-12(22-14(20-9)27-2)21-13(24)23-28(25,26)11-6-4-3-5-10(11)7-8-15(16,17)18;1-21-14(18)10-7-9(3-4-12(10)17(19)20)22-13-5-2-8(15)6-11(13)16;1-4-27(21,22)9-6-5-7-15-12(9)28(23,24)19-14(20)18-13-16-10(25-2)8-11(17-13)26-3/h3-6H,7-8H2,1-2H3,(H2,19,20,21,22,23,24);2-7H,1H3;5-8H,4H2,1-3H3,(H2,16,17,18,19,20). The molecule has 0 atom stereocenters. The number of urea groups is 2. The molecule has 0 saturated heterocycles. The third-order valence-electron chi connectivity index (χ3n) is 9.25. The number of nitro groups is 1. The van der Waals surface area contributed by atoms with Gasteiger partial charge in [0.2, 0.25) is 23.7 Å². The van der Waals surface area contributed by atoms with Gasteiger partial charge in [-0.1, -0.05) is 48.3 Å². The first-order valence-corrected chi connectivity index (χ1v) is 26.7. The van der Waals surface area contributed by atoms with E-state index in [0.29, 0.717) is 10.8 Å². The number of methoxy groups -OCH3 is 4. The van der Waals surface area contributed by atoms with Gasteiger partial charge in [0.15, 0.2) is 14.9 Å². The van der Waals surface area contributed by atoms with E-state index in [4.69, 9.17) is 42.1 Å². The normalized spacial score (nSPS) is 11.2. The molecule has 6 aromatic rings. The third kappa shape index (κ3) is 18.2. The second-order valence-corrected chi connectivity index (χ2v) is 21.0. The fraction of sp³-hybridized carbons (Fsp3) is 0.233. The van der Waals surface area contributed by atoms with Crippen molar-refractivity contribution in [3.05, 3.63) is 122 Å². The maximum absolute atomic E-state index is 12.5. The Morgan fingerprint density at radius 2 is 1.33 bits per heavy atom. The van der Waals surface area contributed by atoms with Crippen LogP contribution in [-0.4, -0.2) is 118 Å². The second kappa shape index (κ2) is 27.2. The predicted octanol–water partition coefficient (Wildman–Crippen LogP) is 6.87. The molecule has 0 fully saturated rings. The summed E-state index contributed by atoms with van der Waals surface area (Å²) in [6, 6.07) is 14.6. The molecule has 0 aliphatic carbocycles. The number of nitrogens with zero attached hydrogens (tertiary/aromatic N) is 7. The van der Waals surface area contributed by atoms with E-state index < -0.39 is 86.7 Å². The van der Waals surface area contributed by atoms with Crippen molar-refractivity contribution >= 4 is 88.7 Å². The summed E-state index contributed by atoms with van der Waals surface area (Å²) in [4.78, 5) is 67.6. The first-order chi connectivity index (χ1) is 36.5. The van der Waals surface area contributed by atoms with Crippen LogP contribution in [0.2, 0.25) is 10.0 Å². The summed E-state index contributed by atoms with van der Waals surface area (Å²) in [5.41, 5.74) is -0.658. The number of aryl methyl sites for hydroxylation is 2. The Kier molecular flexibility index (Phi) is 21.7. The van der Waals surface area contributed by atoms with Crippen molar-refractivity contribution < 1.29 is 81.4 Å². The largest absolute Gasteiger partial charge is 0.481 e. The molecule has 4 N–H and O–H groups in total. The van der Waals surface area contributed by atoms with Crippen LogP contribution in [0.5, 0.6) is 29.3 Å². The highest BCUT2D eigenvalue weighted by atomic mass is 35.5. The van der Waals surface area contributed by atoms with E-state index >= 15 is 0 Å². The average molecular weight is 1190 g/mol. The Bertz CT molecular complexity index is 3510.